The molecule has 0 spiro atoms. The molecule has 0 saturated carbocycles. The lowest BCUT2D eigenvalue weighted by Crippen LogP contribution is -2.49. The molecule has 1 aromatic carbocycles. The molecule has 3 rings (SSSR count). The van der Waals surface area contributed by atoms with Crippen molar-refractivity contribution in [3.8, 4) is 5.75 Å². The van der Waals surface area contributed by atoms with E-state index < -0.39 is 0 Å². The Hall–Kier alpha value is -1.06. The molecule has 0 N–H and O–H groups in total. The Labute approximate surface area is 148 Å². The van der Waals surface area contributed by atoms with Crippen LogP contribution in [0.4, 0.5) is 0 Å². The fourth-order valence-electron chi connectivity index (χ4n) is 4.57. The van der Waals surface area contributed by atoms with Gasteiger partial charge in [-0.1, -0.05) is 26.0 Å². The molecule has 2 saturated heterocycles. The summed E-state index contributed by atoms with van der Waals surface area (Å²) in [6, 6.07) is 9.44. The van der Waals surface area contributed by atoms with Crippen LogP contribution in [0, 0.1) is 11.8 Å². The molecule has 0 bridgehead atoms. The zero-order valence-electron chi connectivity index (χ0n) is 15.7. The van der Waals surface area contributed by atoms with Crippen LogP contribution in [-0.2, 0) is 6.54 Å². The fourth-order valence-corrected chi connectivity index (χ4v) is 4.57. The van der Waals surface area contributed by atoms with Crippen LogP contribution in [0.3, 0.4) is 0 Å². The van der Waals surface area contributed by atoms with Crippen molar-refractivity contribution >= 4 is 0 Å². The minimum Gasteiger partial charge on any atom is -0.494 e. The maximum atomic E-state index is 5.53. The van der Waals surface area contributed by atoms with Gasteiger partial charge in [-0.3, -0.25) is 9.80 Å². The number of hydrogen-bond acceptors (Lipinski definition) is 3. The molecule has 3 nitrogen and oxygen atoms in total. The second kappa shape index (κ2) is 8.35. The van der Waals surface area contributed by atoms with Gasteiger partial charge in [-0.15, -0.1) is 0 Å². The van der Waals surface area contributed by atoms with Crippen molar-refractivity contribution in [2.45, 2.75) is 52.6 Å². The SMILES string of the molecule is CCOc1ccc(CN2CCC(N3C[C@H](C)C[C@@H](C)C3)CC2)cc1. The predicted molar refractivity (Wildman–Crippen MR) is 100 cm³/mol. The van der Waals surface area contributed by atoms with Gasteiger partial charge in [0, 0.05) is 25.7 Å². The van der Waals surface area contributed by atoms with Crippen molar-refractivity contribution in [1.29, 1.82) is 0 Å². The van der Waals surface area contributed by atoms with Crippen molar-refractivity contribution in [2.24, 2.45) is 11.8 Å². The van der Waals surface area contributed by atoms with E-state index in [0.29, 0.717) is 0 Å². The van der Waals surface area contributed by atoms with Gasteiger partial charge in [0.2, 0.25) is 0 Å². The second-order valence-electron chi connectivity index (χ2n) is 7.98. The molecule has 2 fully saturated rings. The van der Waals surface area contributed by atoms with Gasteiger partial charge in [-0.05, 0) is 68.8 Å². The van der Waals surface area contributed by atoms with Crippen LogP contribution in [0.15, 0.2) is 24.3 Å². The molecule has 1 aromatic rings. The lowest BCUT2D eigenvalue weighted by molar-refractivity contribution is 0.0530. The quantitative estimate of drug-likeness (QED) is 0.811. The summed E-state index contributed by atoms with van der Waals surface area (Å²) < 4.78 is 5.53. The van der Waals surface area contributed by atoms with E-state index in [2.05, 4.69) is 47.9 Å². The number of benzene rings is 1. The van der Waals surface area contributed by atoms with Crippen LogP contribution in [0.5, 0.6) is 5.75 Å². The van der Waals surface area contributed by atoms with Gasteiger partial charge in [0.25, 0.3) is 0 Å². The van der Waals surface area contributed by atoms with Gasteiger partial charge in [0.05, 0.1) is 6.61 Å². The third-order valence-electron chi connectivity index (χ3n) is 5.61. The van der Waals surface area contributed by atoms with E-state index in [9.17, 15) is 0 Å². The molecule has 0 amide bonds. The summed E-state index contributed by atoms with van der Waals surface area (Å²) in [5.74, 6) is 2.72. The molecule has 3 heteroatoms. The van der Waals surface area contributed by atoms with Crippen LogP contribution < -0.4 is 4.74 Å². The van der Waals surface area contributed by atoms with Gasteiger partial charge in [-0.2, -0.15) is 0 Å². The molecule has 0 aliphatic carbocycles. The smallest absolute Gasteiger partial charge is 0.119 e. The minimum atomic E-state index is 0.737. The zero-order chi connectivity index (χ0) is 16.9. The van der Waals surface area contributed by atoms with Crippen molar-refractivity contribution in [2.75, 3.05) is 32.8 Å². The van der Waals surface area contributed by atoms with Gasteiger partial charge < -0.3 is 4.74 Å². The third-order valence-corrected chi connectivity index (χ3v) is 5.61. The Bertz CT molecular complexity index is 483. The van der Waals surface area contributed by atoms with Crippen molar-refractivity contribution < 1.29 is 4.74 Å². The number of likely N-dealkylation sites (tertiary alicyclic amines) is 2. The summed E-state index contributed by atoms with van der Waals surface area (Å²) in [5.41, 5.74) is 1.40. The summed E-state index contributed by atoms with van der Waals surface area (Å²) in [6.45, 7) is 13.8. The van der Waals surface area contributed by atoms with Crippen molar-refractivity contribution in [3.63, 3.8) is 0 Å². The highest BCUT2D eigenvalue weighted by Crippen LogP contribution is 2.27. The first kappa shape index (κ1) is 17.8. The number of ether oxygens (including phenoxy) is 1. The Morgan fingerprint density at radius 2 is 1.62 bits per heavy atom. The molecule has 24 heavy (non-hydrogen) atoms. The normalized spacial score (nSPS) is 27.3. The summed E-state index contributed by atoms with van der Waals surface area (Å²) in [4.78, 5) is 5.40. The highest BCUT2D eigenvalue weighted by Gasteiger charge is 2.29. The average Bonchev–Trinajstić information content (AvgIpc) is 2.57. The van der Waals surface area contributed by atoms with Gasteiger partial charge >= 0.3 is 0 Å². The first-order valence-corrected chi connectivity index (χ1v) is 9.82. The number of nitrogens with zero attached hydrogens (tertiary/aromatic N) is 2. The number of rotatable bonds is 5. The summed E-state index contributed by atoms with van der Waals surface area (Å²) in [7, 11) is 0. The Morgan fingerprint density at radius 3 is 2.21 bits per heavy atom. The highest BCUT2D eigenvalue weighted by molar-refractivity contribution is 5.27. The molecule has 0 aromatic heterocycles. The van der Waals surface area contributed by atoms with Crippen molar-refractivity contribution in [3.05, 3.63) is 29.8 Å². The van der Waals surface area contributed by atoms with Gasteiger partial charge in [0.15, 0.2) is 0 Å². The molecule has 2 atom stereocenters. The maximum Gasteiger partial charge on any atom is 0.119 e. The van der Waals surface area contributed by atoms with Crippen molar-refractivity contribution in [1.82, 2.24) is 9.80 Å². The van der Waals surface area contributed by atoms with E-state index in [1.165, 1.54) is 51.0 Å². The summed E-state index contributed by atoms with van der Waals surface area (Å²) in [5, 5.41) is 0. The van der Waals surface area contributed by atoms with Crippen LogP contribution >= 0.6 is 0 Å². The maximum absolute atomic E-state index is 5.53. The third kappa shape index (κ3) is 4.73. The van der Waals surface area contributed by atoms with Gasteiger partial charge in [0.1, 0.15) is 5.75 Å². The zero-order valence-corrected chi connectivity index (χ0v) is 15.7. The first-order valence-electron chi connectivity index (χ1n) is 9.82. The lowest BCUT2D eigenvalue weighted by atomic mass is 9.89. The van der Waals surface area contributed by atoms with Crippen LogP contribution in [0.1, 0.15) is 45.6 Å². The number of piperidine rings is 2. The summed E-state index contributed by atoms with van der Waals surface area (Å²) in [6.07, 6.45) is 4.07. The molecule has 0 unspecified atom stereocenters. The molecule has 2 aliphatic rings. The Morgan fingerprint density at radius 1 is 1.00 bits per heavy atom. The molecular formula is C21H34N2O. The highest BCUT2D eigenvalue weighted by atomic mass is 16.5. The first-order chi connectivity index (χ1) is 11.6. The van der Waals surface area contributed by atoms with E-state index in [-0.39, 0.29) is 0 Å². The lowest BCUT2D eigenvalue weighted by Gasteiger charge is -2.43. The largest absolute Gasteiger partial charge is 0.494 e. The van der Waals surface area contributed by atoms with E-state index in [1.807, 2.05) is 6.92 Å². The van der Waals surface area contributed by atoms with Crippen LogP contribution in [0.2, 0.25) is 0 Å². The molecule has 0 radical (unpaired) electrons. The summed E-state index contributed by atoms with van der Waals surface area (Å²) >= 11 is 0. The molecule has 134 valence electrons. The molecule has 2 heterocycles. The van der Waals surface area contributed by atoms with Crippen LogP contribution in [0.25, 0.3) is 0 Å². The Balaban J connectivity index is 1.46. The van der Waals surface area contributed by atoms with Gasteiger partial charge in [-0.25, -0.2) is 0 Å². The predicted octanol–water partition coefficient (Wildman–Crippen LogP) is 4.03. The van der Waals surface area contributed by atoms with E-state index in [1.54, 1.807) is 0 Å². The van der Waals surface area contributed by atoms with E-state index >= 15 is 0 Å². The fraction of sp³-hybridized carbons (Fsp3) is 0.714. The average molecular weight is 331 g/mol. The van der Waals surface area contributed by atoms with E-state index in [4.69, 9.17) is 4.74 Å². The minimum absolute atomic E-state index is 0.737. The van der Waals surface area contributed by atoms with Crippen LogP contribution in [-0.4, -0.2) is 48.6 Å². The molecular weight excluding hydrogens is 296 g/mol. The Kier molecular flexibility index (Phi) is 6.18. The van der Waals surface area contributed by atoms with E-state index in [0.717, 1.165) is 36.8 Å². The molecule has 2 aliphatic heterocycles. The topological polar surface area (TPSA) is 15.7 Å². The second-order valence-corrected chi connectivity index (χ2v) is 7.98. The standard InChI is InChI=1S/C21H34N2O/c1-4-24-21-7-5-19(6-8-21)16-22-11-9-20(10-12-22)23-14-17(2)13-18(3)15-23/h5-8,17-18,20H,4,9-16H2,1-3H3/t17-,18-/m1/s1. The monoisotopic (exact) mass is 330 g/mol. The number of hydrogen-bond donors (Lipinski definition) is 0.